The molecule has 0 saturated carbocycles. The minimum absolute atomic E-state index is 0.121. The summed E-state index contributed by atoms with van der Waals surface area (Å²) >= 11 is 0. The van der Waals surface area contributed by atoms with Crippen molar-refractivity contribution in [3.05, 3.63) is 29.6 Å². The SMILES string of the molecule is CCCCNC(=O)COc1cccc(C)c1F. The van der Waals surface area contributed by atoms with Gasteiger partial charge in [0.15, 0.2) is 18.2 Å². The quantitative estimate of drug-likeness (QED) is 0.774. The van der Waals surface area contributed by atoms with Crippen molar-refractivity contribution in [2.24, 2.45) is 0 Å². The second-order valence-electron chi connectivity index (χ2n) is 3.88. The molecule has 0 unspecified atom stereocenters. The maximum atomic E-state index is 13.5. The zero-order valence-electron chi connectivity index (χ0n) is 10.3. The molecule has 0 aliphatic rings. The highest BCUT2D eigenvalue weighted by Crippen LogP contribution is 2.19. The Hall–Kier alpha value is -1.58. The number of rotatable bonds is 6. The summed E-state index contributed by atoms with van der Waals surface area (Å²) < 4.78 is 18.6. The van der Waals surface area contributed by atoms with E-state index in [2.05, 4.69) is 5.32 Å². The van der Waals surface area contributed by atoms with Crippen molar-refractivity contribution >= 4 is 5.91 Å². The molecule has 0 atom stereocenters. The van der Waals surface area contributed by atoms with Gasteiger partial charge in [-0.25, -0.2) is 4.39 Å². The molecule has 0 aliphatic heterocycles. The summed E-state index contributed by atoms with van der Waals surface area (Å²) in [6.45, 7) is 4.19. The molecular weight excluding hydrogens is 221 g/mol. The van der Waals surface area contributed by atoms with Crippen LogP contribution in [0.2, 0.25) is 0 Å². The first-order chi connectivity index (χ1) is 8.15. The van der Waals surface area contributed by atoms with E-state index < -0.39 is 5.82 Å². The maximum absolute atomic E-state index is 13.5. The average molecular weight is 239 g/mol. The number of carbonyl (C=O) groups excluding carboxylic acids is 1. The summed E-state index contributed by atoms with van der Waals surface area (Å²) in [5.41, 5.74) is 0.508. The Balaban J connectivity index is 2.39. The summed E-state index contributed by atoms with van der Waals surface area (Å²) in [5, 5.41) is 2.70. The van der Waals surface area contributed by atoms with Gasteiger partial charge in [-0.15, -0.1) is 0 Å². The lowest BCUT2D eigenvalue weighted by Crippen LogP contribution is -2.29. The molecule has 1 aromatic rings. The van der Waals surface area contributed by atoms with Crippen molar-refractivity contribution in [1.29, 1.82) is 0 Å². The first kappa shape index (κ1) is 13.5. The van der Waals surface area contributed by atoms with Crippen LogP contribution in [0.25, 0.3) is 0 Å². The Morgan fingerprint density at radius 2 is 2.24 bits per heavy atom. The Bertz CT molecular complexity index is 380. The van der Waals surface area contributed by atoms with E-state index in [0.29, 0.717) is 12.1 Å². The Labute approximate surface area is 101 Å². The molecule has 94 valence electrons. The Kier molecular flexibility index (Phi) is 5.46. The van der Waals surface area contributed by atoms with Gasteiger partial charge in [-0.05, 0) is 25.0 Å². The molecule has 0 saturated heterocycles. The molecule has 3 nitrogen and oxygen atoms in total. The molecule has 0 radical (unpaired) electrons. The van der Waals surface area contributed by atoms with E-state index in [1.807, 2.05) is 6.92 Å². The number of carbonyl (C=O) groups is 1. The van der Waals surface area contributed by atoms with Gasteiger partial charge < -0.3 is 10.1 Å². The smallest absolute Gasteiger partial charge is 0.257 e. The molecular formula is C13H18FNO2. The number of halogens is 1. The molecule has 0 heterocycles. The second kappa shape index (κ2) is 6.89. The monoisotopic (exact) mass is 239 g/mol. The van der Waals surface area contributed by atoms with Gasteiger partial charge in [0, 0.05) is 6.54 Å². The van der Waals surface area contributed by atoms with E-state index in [1.165, 1.54) is 6.07 Å². The van der Waals surface area contributed by atoms with Gasteiger partial charge >= 0.3 is 0 Å². The number of ether oxygens (including phenoxy) is 1. The Morgan fingerprint density at radius 3 is 2.94 bits per heavy atom. The van der Waals surface area contributed by atoms with E-state index in [0.717, 1.165) is 12.8 Å². The standard InChI is InChI=1S/C13H18FNO2/c1-3-4-8-15-12(16)9-17-11-7-5-6-10(2)13(11)14/h5-7H,3-4,8-9H2,1-2H3,(H,15,16). The van der Waals surface area contributed by atoms with Crippen LogP contribution in [0.4, 0.5) is 4.39 Å². The van der Waals surface area contributed by atoms with Crippen LogP contribution >= 0.6 is 0 Å². The summed E-state index contributed by atoms with van der Waals surface area (Å²) in [6.07, 6.45) is 1.96. The molecule has 0 aliphatic carbocycles. The van der Waals surface area contributed by atoms with E-state index in [1.54, 1.807) is 19.1 Å². The fraction of sp³-hybridized carbons (Fsp3) is 0.462. The first-order valence-electron chi connectivity index (χ1n) is 5.79. The normalized spacial score (nSPS) is 10.1. The lowest BCUT2D eigenvalue weighted by molar-refractivity contribution is -0.123. The molecule has 0 bridgehead atoms. The van der Waals surface area contributed by atoms with Gasteiger partial charge in [0.2, 0.25) is 0 Å². The van der Waals surface area contributed by atoms with Crippen molar-refractivity contribution < 1.29 is 13.9 Å². The van der Waals surface area contributed by atoms with Crippen LogP contribution in [0, 0.1) is 12.7 Å². The van der Waals surface area contributed by atoms with E-state index in [9.17, 15) is 9.18 Å². The van der Waals surface area contributed by atoms with Crippen molar-refractivity contribution in [3.63, 3.8) is 0 Å². The highest BCUT2D eigenvalue weighted by molar-refractivity contribution is 5.77. The molecule has 1 aromatic carbocycles. The number of unbranched alkanes of at least 4 members (excludes halogenated alkanes) is 1. The van der Waals surface area contributed by atoms with Crippen LogP contribution in [-0.2, 0) is 4.79 Å². The number of benzene rings is 1. The summed E-state index contributed by atoms with van der Waals surface area (Å²) in [5.74, 6) is -0.510. The fourth-order valence-electron chi connectivity index (χ4n) is 1.33. The number of aryl methyl sites for hydroxylation is 1. The van der Waals surface area contributed by atoms with E-state index >= 15 is 0 Å². The van der Waals surface area contributed by atoms with Crippen LogP contribution < -0.4 is 10.1 Å². The molecule has 1 N–H and O–H groups in total. The minimum atomic E-state index is -0.408. The third-order valence-corrected chi connectivity index (χ3v) is 2.37. The number of amides is 1. The predicted molar refractivity (Wildman–Crippen MR) is 64.5 cm³/mol. The van der Waals surface area contributed by atoms with Crippen LogP contribution in [0.5, 0.6) is 5.75 Å². The number of nitrogens with one attached hydrogen (secondary N) is 1. The lowest BCUT2D eigenvalue weighted by Gasteiger charge is -2.08. The molecule has 0 aromatic heterocycles. The van der Waals surface area contributed by atoms with E-state index in [-0.39, 0.29) is 18.3 Å². The topological polar surface area (TPSA) is 38.3 Å². The van der Waals surface area contributed by atoms with Gasteiger partial charge in [-0.1, -0.05) is 25.5 Å². The van der Waals surface area contributed by atoms with Gasteiger partial charge in [-0.2, -0.15) is 0 Å². The summed E-state index contributed by atoms with van der Waals surface area (Å²) in [7, 11) is 0. The first-order valence-corrected chi connectivity index (χ1v) is 5.79. The number of hydrogen-bond acceptors (Lipinski definition) is 2. The summed E-state index contributed by atoms with van der Waals surface area (Å²) in [4.78, 5) is 11.3. The van der Waals surface area contributed by atoms with Crippen LogP contribution in [-0.4, -0.2) is 19.1 Å². The maximum Gasteiger partial charge on any atom is 0.257 e. The fourth-order valence-corrected chi connectivity index (χ4v) is 1.33. The van der Waals surface area contributed by atoms with Crippen molar-refractivity contribution in [1.82, 2.24) is 5.32 Å². The van der Waals surface area contributed by atoms with Crippen molar-refractivity contribution in [2.45, 2.75) is 26.7 Å². The number of hydrogen-bond donors (Lipinski definition) is 1. The molecule has 0 spiro atoms. The minimum Gasteiger partial charge on any atom is -0.481 e. The average Bonchev–Trinajstić information content (AvgIpc) is 2.31. The van der Waals surface area contributed by atoms with Gasteiger partial charge in [0.25, 0.3) is 5.91 Å². The molecule has 1 amide bonds. The largest absolute Gasteiger partial charge is 0.481 e. The van der Waals surface area contributed by atoms with Crippen LogP contribution in [0.1, 0.15) is 25.3 Å². The highest BCUT2D eigenvalue weighted by atomic mass is 19.1. The van der Waals surface area contributed by atoms with Crippen LogP contribution in [0.3, 0.4) is 0 Å². The lowest BCUT2D eigenvalue weighted by atomic mass is 10.2. The van der Waals surface area contributed by atoms with Crippen LogP contribution in [0.15, 0.2) is 18.2 Å². The van der Waals surface area contributed by atoms with Gasteiger partial charge in [-0.3, -0.25) is 4.79 Å². The van der Waals surface area contributed by atoms with Crippen molar-refractivity contribution in [2.75, 3.05) is 13.2 Å². The third kappa shape index (κ3) is 4.43. The van der Waals surface area contributed by atoms with Crippen molar-refractivity contribution in [3.8, 4) is 5.75 Å². The molecule has 0 fully saturated rings. The molecule has 4 heteroatoms. The molecule has 1 rings (SSSR count). The van der Waals surface area contributed by atoms with Gasteiger partial charge in [0.1, 0.15) is 0 Å². The summed E-state index contributed by atoms with van der Waals surface area (Å²) in [6, 6.07) is 4.87. The second-order valence-corrected chi connectivity index (χ2v) is 3.88. The zero-order valence-corrected chi connectivity index (χ0v) is 10.3. The Morgan fingerprint density at radius 1 is 1.47 bits per heavy atom. The predicted octanol–water partition coefficient (Wildman–Crippen LogP) is 2.43. The van der Waals surface area contributed by atoms with E-state index in [4.69, 9.17) is 4.74 Å². The van der Waals surface area contributed by atoms with Gasteiger partial charge in [0.05, 0.1) is 0 Å². The molecule has 17 heavy (non-hydrogen) atoms. The third-order valence-electron chi connectivity index (χ3n) is 2.37. The highest BCUT2D eigenvalue weighted by Gasteiger charge is 2.07. The zero-order chi connectivity index (χ0) is 12.7.